The molecule has 0 aliphatic heterocycles. The van der Waals surface area contributed by atoms with Gasteiger partial charge in [0.2, 0.25) is 0 Å². The Hall–Kier alpha value is -1.13. The van der Waals surface area contributed by atoms with Crippen LogP contribution in [-0.2, 0) is 13.0 Å². The standard InChI is InChI=1S/C15H23N3S/c1-4-7-16-12(2)14-5-8-18(10-14)9-6-15-13(3)17-11-19-15/h5,8,10-12,16H,4,6-7,9H2,1-3H3. The van der Waals surface area contributed by atoms with Gasteiger partial charge in [0.15, 0.2) is 0 Å². The van der Waals surface area contributed by atoms with Crippen molar-refractivity contribution in [3.63, 3.8) is 0 Å². The van der Waals surface area contributed by atoms with Crippen molar-refractivity contribution in [2.24, 2.45) is 0 Å². The normalized spacial score (nSPS) is 12.8. The first-order chi connectivity index (χ1) is 9.20. The van der Waals surface area contributed by atoms with Crippen molar-refractivity contribution in [2.75, 3.05) is 6.54 Å². The van der Waals surface area contributed by atoms with E-state index in [1.165, 1.54) is 22.6 Å². The van der Waals surface area contributed by atoms with E-state index in [1.54, 1.807) is 11.3 Å². The molecule has 1 N–H and O–H groups in total. The molecule has 0 aromatic carbocycles. The van der Waals surface area contributed by atoms with E-state index in [-0.39, 0.29) is 0 Å². The highest BCUT2D eigenvalue weighted by atomic mass is 32.1. The summed E-state index contributed by atoms with van der Waals surface area (Å²) in [6, 6.07) is 2.65. The van der Waals surface area contributed by atoms with E-state index in [0.29, 0.717) is 6.04 Å². The molecule has 1 unspecified atom stereocenters. The lowest BCUT2D eigenvalue weighted by molar-refractivity contribution is 0.568. The van der Waals surface area contributed by atoms with E-state index in [4.69, 9.17) is 0 Å². The van der Waals surface area contributed by atoms with Crippen molar-refractivity contribution in [2.45, 2.75) is 46.2 Å². The van der Waals surface area contributed by atoms with Gasteiger partial charge in [0.25, 0.3) is 0 Å². The van der Waals surface area contributed by atoms with Crippen LogP contribution < -0.4 is 5.32 Å². The zero-order valence-electron chi connectivity index (χ0n) is 12.0. The maximum absolute atomic E-state index is 4.30. The Morgan fingerprint density at radius 3 is 3.00 bits per heavy atom. The van der Waals surface area contributed by atoms with Crippen molar-refractivity contribution < 1.29 is 0 Å². The van der Waals surface area contributed by atoms with Crippen LogP contribution in [-0.4, -0.2) is 16.1 Å². The Morgan fingerprint density at radius 2 is 2.32 bits per heavy atom. The van der Waals surface area contributed by atoms with Crippen molar-refractivity contribution in [3.8, 4) is 0 Å². The first-order valence-electron chi connectivity index (χ1n) is 6.98. The number of aromatic nitrogens is 2. The molecule has 4 heteroatoms. The minimum Gasteiger partial charge on any atom is -0.354 e. The summed E-state index contributed by atoms with van der Waals surface area (Å²) in [5.41, 5.74) is 4.48. The molecular formula is C15H23N3S. The summed E-state index contributed by atoms with van der Waals surface area (Å²) in [4.78, 5) is 5.69. The van der Waals surface area contributed by atoms with Crippen LogP contribution in [0, 0.1) is 6.92 Å². The largest absolute Gasteiger partial charge is 0.354 e. The molecule has 19 heavy (non-hydrogen) atoms. The SMILES string of the molecule is CCCNC(C)c1ccn(CCc2scnc2C)c1. The van der Waals surface area contributed by atoms with Gasteiger partial charge in [-0.3, -0.25) is 0 Å². The van der Waals surface area contributed by atoms with E-state index in [0.717, 1.165) is 19.5 Å². The Kier molecular flexibility index (Phi) is 5.16. The van der Waals surface area contributed by atoms with Gasteiger partial charge in [0, 0.05) is 36.3 Å². The van der Waals surface area contributed by atoms with E-state index < -0.39 is 0 Å². The second-order valence-electron chi connectivity index (χ2n) is 4.97. The van der Waals surface area contributed by atoms with Crippen LogP contribution in [0.15, 0.2) is 24.0 Å². The van der Waals surface area contributed by atoms with Gasteiger partial charge in [-0.2, -0.15) is 0 Å². The zero-order chi connectivity index (χ0) is 13.7. The second kappa shape index (κ2) is 6.87. The lowest BCUT2D eigenvalue weighted by Crippen LogP contribution is -2.18. The number of aryl methyl sites for hydroxylation is 3. The summed E-state index contributed by atoms with van der Waals surface area (Å²) in [7, 11) is 0. The van der Waals surface area contributed by atoms with Crippen LogP contribution in [0.25, 0.3) is 0 Å². The number of nitrogens with one attached hydrogen (secondary N) is 1. The summed E-state index contributed by atoms with van der Waals surface area (Å²) in [6.07, 6.45) is 6.68. The molecule has 0 fully saturated rings. The highest BCUT2D eigenvalue weighted by Gasteiger charge is 2.06. The zero-order valence-corrected chi connectivity index (χ0v) is 12.8. The van der Waals surface area contributed by atoms with Gasteiger partial charge in [-0.05, 0) is 38.4 Å². The van der Waals surface area contributed by atoms with E-state index >= 15 is 0 Å². The van der Waals surface area contributed by atoms with Gasteiger partial charge < -0.3 is 9.88 Å². The van der Waals surface area contributed by atoms with Gasteiger partial charge in [0.1, 0.15) is 0 Å². The van der Waals surface area contributed by atoms with Crippen molar-refractivity contribution >= 4 is 11.3 Å². The maximum Gasteiger partial charge on any atom is 0.0797 e. The molecule has 0 aliphatic carbocycles. The Labute approximate surface area is 119 Å². The third-order valence-corrected chi connectivity index (χ3v) is 4.41. The molecule has 0 amide bonds. The summed E-state index contributed by atoms with van der Waals surface area (Å²) in [5, 5.41) is 3.52. The first kappa shape index (κ1) is 14.3. The number of thiazole rings is 1. The van der Waals surface area contributed by atoms with Crippen LogP contribution in [0.4, 0.5) is 0 Å². The fraction of sp³-hybridized carbons (Fsp3) is 0.533. The smallest absolute Gasteiger partial charge is 0.0797 e. The van der Waals surface area contributed by atoms with Gasteiger partial charge in [-0.1, -0.05) is 6.92 Å². The predicted molar refractivity (Wildman–Crippen MR) is 81.7 cm³/mol. The molecule has 0 saturated heterocycles. The summed E-state index contributed by atoms with van der Waals surface area (Å²) in [6.45, 7) is 8.62. The van der Waals surface area contributed by atoms with Crippen LogP contribution in [0.2, 0.25) is 0 Å². The number of hydrogen-bond donors (Lipinski definition) is 1. The van der Waals surface area contributed by atoms with Gasteiger partial charge in [-0.25, -0.2) is 4.98 Å². The molecule has 0 aliphatic rings. The Bertz CT molecular complexity index is 501. The van der Waals surface area contributed by atoms with Crippen LogP contribution in [0.5, 0.6) is 0 Å². The number of hydrogen-bond acceptors (Lipinski definition) is 3. The molecular weight excluding hydrogens is 254 g/mol. The molecule has 0 bridgehead atoms. The highest BCUT2D eigenvalue weighted by molar-refractivity contribution is 7.09. The topological polar surface area (TPSA) is 29.9 Å². The quantitative estimate of drug-likeness (QED) is 0.838. The second-order valence-corrected chi connectivity index (χ2v) is 5.91. The fourth-order valence-corrected chi connectivity index (χ4v) is 2.90. The Balaban J connectivity index is 1.88. The molecule has 2 heterocycles. The highest BCUT2D eigenvalue weighted by Crippen LogP contribution is 2.16. The van der Waals surface area contributed by atoms with Gasteiger partial charge in [-0.15, -0.1) is 11.3 Å². The molecule has 1 atom stereocenters. The summed E-state index contributed by atoms with van der Waals surface area (Å²) in [5.74, 6) is 0. The van der Waals surface area contributed by atoms with E-state index in [1.807, 2.05) is 5.51 Å². The fourth-order valence-electron chi connectivity index (χ4n) is 2.13. The van der Waals surface area contributed by atoms with Crippen molar-refractivity contribution in [3.05, 3.63) is 40.1 Å². The van der Waals surface area contributed by atoms with Crippen LogP contribution in [0.1, 0.15) is 42.4 Å². The Morgan fingerprint density at radius 1 is 1.47 bits per heavy atom. The molecule has 0 spiro atoms. The number of nitrogens with zero attached hydrogens (tertiary/aromatic N) is 2. The molecule has 0 radical (unpaired) electrons. The average Bonchev–Trinajstić information content (AvgIpc) is 3.02. The molecule has 2 aromatic heterocycles. The number of rotatable bonds is 7. The third-order valence-electron chi connectivity index (χ3n) is 3.42. The summed E-state index contributed by atoms with van der Waals surface area (Å²) < 4.78 is 2.28. The average molecular weight is 277 g/mol. The molecule has 2 rings (SSSR count). The lowest BCUT2D eigenvalue weighted by atomic mass is 10.2. The van der Waals surface area contributed by atoms with Crippen LogP contribution >= 0.6 is 11.3 Å². The molecule has 3 nitrogen and oxygen atoms in total. The van der Waals surface area contributed by atoms with Crippen LogP contribution in [0.3, 0.4) is 0 Å². The van der Waals surface area contributed by atoms with Gasteiger partial charge in [0.05, 0.1) is 11.2 Å². The predicted octanol–water partition coefficient (Wildman–Crippen LogP) is 3.56. The minimum atomic E-state index is 0.436. The molecule has 104 valence electrons. The summed E-state index contributed by atoms with van der Waals surface area (Å²) >= 11 is 1.76. The van der Waals surface area contributed by atoms with Crippen molar-refractivity contribution in [1.82, 2.24) is 14.9 Å². The third kappa shape index (κ3) is 3.91. The minimum absolute atomic E-state index is 0.436. The monoisotopic (exact) mass is 277 g/mol. The molecule has 0 saturated carbocycles. The maximum atomic E-state index is 4.30. The van der Waals surface area contributed by atoms with E-state index in [2.05, 4.69) is 54.1 Å². The van der Waals surface area contributed by atoms with Gasteiger partial charge >= 0.3 is 0 Å². The van der Waals surface area contributed by atoms with Crippen molar-refractivity contribution in [1.29, 1.82) is 0 Å². The first-order valence-corrected chi connectivity index (χ1v) is 7.86. The molecule has 2 aromatic rings. The van der Waals surface area contributed by atoms with E-state index in [9.17, 15) is 0 Å². The lowest BCUT2D eigenvalue weighted by Gasteiger charge is -2.11.